The van der Waals surface area contributed by atoms with Crippen molar-refractivity contribution in [1.29, 1.82) is 0 Å². The number of carbonyl (C=O) groups excluding carboxylic acids is 1. The molecule has 0 radical (unpaired) electrons. The molecule has 2 aliphatic rings. The van der Waals surface area contributed by atoms with Crippen molar-refractivity contribution in [3.63, 3.8) is 0 Å². The van der Waals surface area contributed by atoms with Gasteiger partial charge in [0.15, 0.2) is 0 Å². The molecule has 1 unspecified atom stereocenters. The molecule has 0 N–H and O–H groups in total. The molecule has 0 aromatic heterocycles. The van der Waals surface area contributed by atoms with E-state index in [9.17, 15) is 4.79 Å². The Kier molecular flexibility index (Phi) is 7.10. The van der Waals surface area contributed by atoms with Crippen LogP contribution in [0, 0.1) is 5.92 Å². The first kappa shape index (κ1) is 22.4. The van der Waals surface area contributed by atoms with Crippen LogP contribution in [0.3, 0.4) is 0 Å². The molecule has 2 aromatic carbocycles. The van der Waals surface area contributed by atoms with Crippen molar-refractivity contribution >= 4 is 52.1 Å². The van der Waals surface area contributed by atoms with Crippen molar-refractivity contribution in [2.45, 2.75) is 45.1 Å². The Morgan fingerprint density at radius 2 is 1.71 bits per heavy atom. The fourth-order valence-electron chi connectivity index (χ4n) is 4.49. The molecule has 0 spiro atoms. The SMILES string of the molecule is CCCC1CCN(C(=O)C2=NN(c3ccc(Cl)cc3Cl)C(c3ccc(Cl)cc3)C2)CC1. The van der Waals surface area contributed by atoms with Crippen molar-refractivity contribution in [1.82, 2.24) is 4.90 Å². The third-order valence-corrected chi connectivity index (χ3v) is 6.96. The van der Waals surface area contributed by atoms with Crippen LogP contribution in [0.15, 0.2) is 47.6 Å². The zero-order valence-corrected chi connectivity index (χ0v) is 19.8. The topological polar surface area (TPSA) is 35.9 Å². The normalized spacial score (nSPS) is 19.6. The van der Waals surface area contributed by atoms with Crippen LogP contribution in [-0.4, -0.2) is 29.6 Å². The summed E-state index contributed by atoms with van der Waals surface area (Å²) in [7, 11) is 0. The van der Waals surface area contributed by atoms with E-state index in [2.05, 4.69) is 6.92 Å². The number of hydrogen-bond acceptors (Lipinski definition) is 3. The number of halogens is 3. The average Bonchev–Trinajstić information content (AvgIpc) is 3.19. The van der Waals surface area contributed by atoms with Gasteiger partial charge >= 0.3 is 0 Å². The van der Waals surface area contributed by atoms with Gasteiger partial charge in [-0.1, -0.05) is 66.7 Å². The number of anilines is 1. The lowest BCUT2D eigenvalue weighted by atomic mass is 9.92. The van der Waals surface area contributed by atoms with Crippen LogP contribution < -0.4 is 5.01 Å². The average molecular weight is 479 g/mol. The second-order valence-electron chi connectivity index (χ2n) is 8.28. The van der Waals surface area contributed by atoms with E-state index in [-0.39, 0.29) is 11.9 Å². The Morgan fingerprint density at radius 3 is 2.35 bits per heavy atom. The number of piperidine rings is 1. The molecule has 4 rings (SSSR count). The summed E-state index contributed by atoms with van der Waals surface area (Å²) in [6.45, 7) is 3.82. The van der Waals surface area contributed by atoms with Gasteiger partial charge in [-0.2, -0.15) is 5.10 Å². The number of hydrazone groups is 1. The number of benzene rings is 2. The van der Waals surface area contributed by atoms with Gasteiger partial charge in [0.1, 0.15) is 5.71 Å². The largest absolute Gasteiger partial charge is 0.338 e. The third-order valence-electron chi connectivity index (χ3n) is 6.17. The molecule has 2 aromatic rings. The second kappa shape index (κ2) is 9.81. The van der Waals surface area contributed by atoms with Gasteiger partial charge in [-0.05, 0) is 54.7 Å². The molecule has 2 aliphatic heterocycles. The number of rotatable bonds is 5. The highest BCUT2D eigenvalue weighted by Gasteiger charge is 2.36. The molecule has 164 valence electrons. The van der Waals surface area contributed by atoms with Crippen LogP contribution in [0.1, 0.15) is 50.6 Å². The van der Waals surface area contributed by atoms with Crippen LogP contribution in [0.2, 0.25) is 15.1 Å². The second-order valence-corrected chi connectivity index (χ2v) is 9.56. The van der Waals surface area contributed by atoms with Crippen LogP contribution in [0.25, 0.3) is 0 Å². The molecule has 31 heavy (non-hydrogen) atoms. The minimum Gasteiger partial charge on any atom is -0.338 e. The van der Waals surface area contributed by atoms with E-state index < -0.39 is 0 Å². The quantitative estimate of drug-likeness (QED) is 0.464. The predicted octanol–water partition coefficient (Wildman–Crippen LogP) is 6.99. The summed E-state index contributed by atoms with van der Waals surface area (Å²) in [6, 6.07) is 12.9. The van der Waals surface area contributed by atoms with Gasteiger partial charge in [-0.25, -0.2) is 0 Å². The van der Waals surface area contributed by atoms with Gasteiger partial charge < -0.3 is 4.90 Å². The summed E-state index contributed by atoms with van der Waals surface area (Å²) in [5.41, 5.74) is 2.33. The van der Waals surface area contributed by atoms with Gasteiger partial charge in [0, 0.05) is 29.6 Å². The summed E-state index contributed by atoms with van der Waals surface area (Å²) >= 11 is 18.7. The number of amides is 1. The first-order chi connectivity index (χ1) is 15.0. The molecular weight excluding hydrogens is 453 g/mol. The zero-order chi connectivity index (χ0) is 22.0. The molecule has 0 saturated carbocycles. The van der Waals surface area contributed by atoms with E-state index in [4.69, 9.17) is 39.9 Å². The van der Waals surface area contributed by atoms with Gasteiger partial charge in [0.05, 0.1) is 16.8 Å². The van der Waals surface area contributed by atoms with Crippen molar-refractivity contribution < 1.29 is 4.79 Å². The first-order valence-electron chi connectivity index (χ1n) is 10.8. The molecule has 2 heterocycles. The lowest BCUT2D eigenvalue weighted by Gasteiger charge is -2.31. The van der Waals surface area contributed by atoms with Crippen molar-refractivity contribution in [2.75, 3.05) is 18.1 Å². The predicted molar refractivity (Wildman–Crippen MR) is 129 cm³/mol. The lowest BCUT2D eigenvalue weighted by molar-refractivity contribution is -0.125. The maximum Gasteiger partial charge on any atom is 0.270 e. The maximum atomic E-state index is 13.3. The lowest BCUT2D eigenvalue weighted by Crippen LogP contribution is -2.41. The third kappa shape index (κ3) is 5.02. The highest BCUT2D eigenvalue weighted by Crippen LogP contribution is 2.40. The van der Waals surface area contributed by atoms with Crippen LogP contribution >= 0.6 is 34.8 Å². The molecule has 1 fully saturated rings. The minimum atomic E-state index is -0.132. The van der Waals surface area contributed by atoms with Crippen LogP contribution in [0.5, 0.6) is 0 Å². The Hall–Kier alpha value is -1.75. The highest BCUT2D eigenvalue weighted by atomic mass is 35.5. The van der Waals surface area contributed by atoms with Crippen LogP contribution in [0.4, 0.5) is 5.69 Å². The fourth-order valence-corrected chi connectivity index (χ4v) is 5.11. The van der Waals surface area contributed by atoms with Gasteiger partial charge in [-0.3, -0.25) is 9.80 Å². The molecule has 1 saturated heterocycles. The summed E-state index contributed by atoms with van der Waals surface area (Å²) in [5.74, 6) is 0.757. The Labute approximate surface area is 198 Å². The molecule has 1 atom stereocenters. The number of likely N-dealkylation sites (tertiary alicyclic amines) is 1. The summed E-state index contributed by atoms with van der Waals surface area (Å²) in [4.78, 5) is 15.3. The summed E-state index contributed by atoms with van der Waals surface area (Å²) in [6.07, 6.45) is 5.10. The maximum absolute atomic E-state index is 13.3. The van der Waals surface area contributed by atoms with Crippen molar-refractivity contribution in [3.05, 3.63) is 63.1 Å². The van der Waals surface area contributed by atoms with E-state index in [1.165, 1.54) is 12.8 Å². The van der Waals surface area contributed by atoms with Gasteiger partial charge in [-0.15, -0.1) is 0 Å². The fraction of sp³-hybridized carbons (Fsp3) is 0.417. The van der Waals surface area contributed by atoms with Gasteiger partial charge in [0.25, 0.3) is 5.91 Å². The summed E-state index contributed by atoms with van der Waals surface area (Å²) in [5, 5.41) is 8.34. The highest BCUT2D eigenvalue weighted by molar-refractivity contribution is 6.40. The monoisotopic (exact) mass is 477 g/mol. The van der Waals surface area contributed by atoms with E-state index >= 15 is 0 Å². The molecule has 0 bridgehead atoms. The van der Waals surface area contributed by atoms with Crippen molar-refractivity contribution in [3.8, 4) is 0 Å². The Bertz CT molecular complexity index is 969. The Balaban J connectivity index is 1.60. The van der Waals surface area contributed by atoms with E-state index in [0.717, 1.165) is 43.1 Å². The zero-order valence-electron chi connectivity index (χ0n) is 17.5. The van der Waals surface area contributed by atoms with E-state index in [0.29, 0.717) is 27.2 Å². The minimum absolute atomic E-state index is 0.0292. The Morgan fingerprint density at radius 1 is 1.03 bits per heavy atom. The van der Waals surface area contributed by atoms with E-state index in [1.54, 1.807) is 12.1 Å². The smallest absolute Gasteiger partial charge is 0.270 e. The van der Waals surface area contributed by atoms with Crippen molar-refractivity contribution in [2.24, 2.45) is 11.0 Å². The number of hydrogen-bond donors (Lipinski definition) is 0. The number of carbonyl (C=O) groups is 1. The molecule has 7 heteroatoms. The summed E-state index contributed by atoms with van der Waals surface area (Å²) < 4.78 is 0. The number of nitrogens with zero attached hydrogens (tertiary/aromatic N) is 3. The standard InChI is InChI=1S/C24H26Cl3N3O/c1-2-3-16-10-12-29(13-11-16)24(31)21-15-23(17-4-6-18(25)7-5-17)30(28-21)22-9-8-19(26)14-20(22)27/h4-9,14,16,23H,2-3,10-13,15H2,1H3. The molecular formula is C24H26Cl3N3O. The van der Waals surface area contributed by atoms with E-state index in [1.807, 2.05) is 40.2 Å². The molecule has 1 amide bonds. The first-order valence-corrected chi connectivity index (χ1v) is 12.0. The molecule has 0 aliphatic carbocycles. The van der Waals surface area contributed by atoms with Gasteiger partial charge in [0.2, 0.25) is 0 Å². The van der Waals surface area contributed by atoms with Crippen LogP contribution in [-0.2, 0) is 4.79 Å². The molecule has 4 nitrogen and oxygen atoms in total.